The molecule has 2 aromatic rings. The van der Waals surface area contributed by atoms with Crippen molar-refractivity contribution in [3.8, 4) is 0 Å². The zero-order valence-corrected chi connectivity index (χ0v) is 20.3. The van der Waals surface area contributed by atoms with Crippen molar-refractivity contribution >= 4 is 34.5 Å². The molecule has 2 fully saturated rings. The number of likely N-dealkylation sites (tertiary alicyclic amines) is 2. The number of amidine groups is 1. The Kier molecular flexibility index (Phi) is 7.42. The molecular weight excluding hydrogens is 446 g/mol. The highest BCUT2D eigenvalue weighted by Gasteiger charge is 2.39. The summed E-state index contributed by atoms with van der Waals surface area (Å²) in [4.78, 5) is 40.4. The molecule has 0 radical (unpaired) electrons. The largest absolute Gasteiger partial charge is 0.481 e. The van der Waals surface area contributed by atoms with Crippen LogP contribution in [0, 0.1) is 5.41 Å². The van der Waals surface area contributed by atoms with Gasteiger partial charge in [-0.1, -0.05) is 12.1 Å². The van der Waals surface area contributed by atoms with E-state index in [9.17, 15) is 14.4 Å². The van der Waals surface area contributed by atoms with Gasteiger partial charge in [0.1, 0.15) is 11.9 Å². The number of nitrogens with one attached hydrogen (secondary N) is 1. The van der Waals surface area contributed by atoms with Gasteiger partial charge in [0, 0.05) is 48.9 Å². The lowest BCUT2D eigenvalue weighted by Crippen LogP contribution is -2.49. The van der Waals surface area contributed by atoms with Crippen LogP contribution in [0.5, 0.6) is 0 Å². The molecule has 4 rings (SSSR count). The molecule has 9 nitrogen and oxygen atoms in total. The zero-order valence-electron chi connectivity index (χ0n) is 20.3. The van der Waals surface area contributed by atoms with Gasteiger partial charge in [-0.3, -0.25) is 19.8 Å². The molecule has 188 valence electrons. The van der Waals surface area contributed by atoms with Gasteiger partial charge in [0.2, 0.25) is 11.8 Å². The maximum absolute atomic E-state index is 13.5. The summed E-state index contributed by atoms with van der Waals surface area (Å²) >= 11 is 0. The molecule has 2 aliphatic rings. The first-order chi connectivity index (χ1) is 16.8. The van der Waals surface area contributed by atoms with Gasteiger partial charge in [-0.05, 0) is 63.0 Å². The SMILES string of the molecule is CCn1c(CC[C@@H]2CCCN2C(=O)[C@H]2CCCN2C(=O)CCC(=O)O)cc2ccc(C(=N)N)cc21. The number of hydrogen-bond donors (Lipinski definition) is 3. The first-order valence-corrected chi connectivity index (χ1v) is 12.6. The van der Waals surface area contributed by atoms with Crippen molar-refractivity contribution in [2.45, 2.75) is 76.9 Å². The number of rotatable bonds is 9. The minimum Gasteiger partial charge on any atom is -0.481 e. The summed E-state index contributed by atoms with van der Waals surface area (Å²) in [6, 6.07) is 7.69. The Morgan fingerprint density at radius 2 is 1.83 bits per heavy atom. The molecular formula is C26H35N5O4. The Morgan fingerprint density at radius 1 is 1.09 bits per heavy atom. The predicted octanol–water partition coefficient (Wildman–Crippen LogP) is 2.72. The molecule has 0 saturated carbocycles. The van der Waals surface area contributed by atoms with Crippen LogP contribution in [0.25, 0.3) is 10.9 Å². The van der Waals surface area contributed by atoms with E-state index in [0.717, 1.165) is 49.6 Å². The van der Waals surface area contributed by atoms with Crippen LogP contribution in [-0.2, 0) is 27.3 Å². The van der Waals surface area contributed by atoms with Crippen LogP contribution >= 0.6 is 0 Å². The van der Waals surface area contributed by atoms with Crippen LogP contribution in [-0.4, -0.2) is 68.3 Å². The second-order valence-electron chi connectivity index (χ2n) is 9.57. The maximum atomic E-state index is 13.5. The molecule has 2 atom stereocenters. The smallest absolute Gasteiger partial charge is 0.303 e. The van der Waals surface area contributed by atoms with E-state index in [-0.39, 0.29) is 36.5 Å². The quantitative estimate of drug-likeness (QED) is 0.374. The van der Waals surface area contributed by atoms with Crippen molar-refractivity contribution in [2.24, 2.45) is 5.73 Å². The standard InChI is InChI=1S/C26H35N5O4/c1-2-29-20(15-17-7-8-18(25(27)28)16-22(17)29)10-9-19-5-3-13-30(19)26(35)21-6-4-14-31(21)23(32)11-12-24(33)34/h7-8,15-16,19,21H,2-6,9-14H2,1H3,(H3,27,28)(H,33,34)/t19-,21+/m0/s1. The molecule has 2 amide bonds. The fourth-order valence-electron chi connectivity index (χ4n) is 5.67. The molecule has 3 heterocycles. The number of hydrogen-bond acceptors (Lipinski definition) is 4. The van der Waals surface area contributed by atoms with E-state index in [0.29, 0.717) is 25.1 Å². The van der Waals surface area contributed by atoms with Crippen molar-refractivity contribution in [2.75, 3.05) is 13.1 Å². The number of carboxylic acids is 1. The minimum atomic E-state index is -0.998. The number of aliphatic carboxylic acids is 1. The summed E-state index contributed by atoms with van der Waals surface area (Å²) < 4.78 is 2.25. The van der Waals surface area contributed by atoms with Gasteiger partial charge in [-0.15, -0.1) is 0 Å². The van der Waals surface area contributed by atoms with Crippen LogP contribution in [0.4, 0.5) is 0 Å². The molecule has 9 heteroatoms. The normalized spacial score (nSPS) is 20.0. The van der Waals surface area contributed by atoms with E-state index in [1.165, 1.54) is 5.69 Å². The second-order valence-corrected chi connectivity index (χ2v) is 9.57. The Bertz CT molecular complexity index is 1140. The molecule has 35 heavy (non-hydrogen) atoms. The highest BCUT2D eigenvalue weighted by atomic mass is 16.4. The third kappa shape index (κ3) is 5.18. The monoisotopic (exact) mass is 481 g/mol. The van der Waals surface area contributed by atoms with Crippen molar-refractivity contribution in [1.29, 1.82) is 5.41 Å². The molecule has 0 bridgehead atoms. The third-order valence-corrected chi connectivity index (χ3v) is 7.42. The number of benzene rings is 1. The number of nitrogens with zero attached hydrogens (tertiary/aromatic N) is 3. The first-order valence-electron chi connectivity index (χ1n) is 12.6. The number of nitrogen functional groups attached to an aromatic ring is 1. The number of aromatic nitrogens is 1. The van der Waals surface area contributed by atoms with Gasteiger partial charge >= 0.3 is 5.97 Å². The second kappa shape index (κ2) is 10.5. The van der Waals surface area contributed by atoms with Crippen LogP contribution in [0.3, 0.4) is 0 Å². The summed E-state index contributed by atoms with van der Waals surface area (Å²) in [7, 11) is 0. The van der Waals surface area contributed by atoms with E-state index in [1.807, 2.05) is 23.1 Å². The van der Waals surface area contributed by atoms with Gasteiger partial charge in [0.25, 0.3) is 0 Å². The Balaban J connectivity index is 1.44. The number of amides is 2. The maximum Gasteiger partial charge on any atom is 0.303 e. The van der Waals surface area contributed by atoms with Gasteiger partial charge in [-0.2, -0.15) is 0 Å². The average molecular weight is 482 g/mol. The average Bonchev–Trinajstić information content (AvgIpc) is 3.57. The zero-order chi connectivity index (χ0) is 25.1. The molecule has 2 aliphatic heterocycles. The molecule has 1 aromatic heterocycles. The van der Waals surface area contributed by atoms with Crippen molar-refractivity contribution in [3.63, 3.8) is 0 Å². The van der Waals surface area contributed by atoms with Crippen LogP contribution < -0.4 is 5.73 Å². The molecule has 4 N–H and O–H groups in total. The number of nitrogens with two attached hydrogens (primary N) is 1. The van der Waals surface area contributed by atoms with Crippen LogP contribution in [0.15, 0.2) is 24.3 Å². The minimum absolute atomic E-state index is 0.0100. The highest BCUT2D eigenvalue weighted by Crippen LogP contribution is 2.29. The van der Waals surface area contributed by atoms with Gasteiger partial charge in [-0.25, -0.2) is 0 Å². The predicted molar refractivity (Wildman–Crippen MR) is 133 cm³/mol. The molecule has 2 saturated heterocycles. The van der Waals surface area contributed by atoms with E-state index < -0.39 is 12.0 Å². The highest BCUT2D eigenvalue weighted by molar-refractivity contribution is 5.98. The topological polar surface area (TPSA) is 133 Å². The van der Waals surface area contributed by atoms with E-state index in [4.69, 9.17) is 16.2 Å². The summed E-state index contributed by atoms with van der Waals surface area (Å²) in [5, 5.41) is 17.8. The van der Waals surface area contributed by atoms with Gasteiger partial charge in [0.05, 0.1) is 6.42 Å². The van der Waals surface area contributed by atoms with E-state index >= 15 is 0 Å². The molecule has 0 aliphatic carbocycles. The lowest BCUT2D eigenvalue weighted by Gasteiger charge is -2.31. The summed E-state index contributed by atoms with van der Waals surface area (Å²) in [5.74, 6) is -1.17. The summed E-state index contributed by atoms with van der Waals surface area (Å²) in [6.07, 6.45) is 4.73. The summed E-state index contributed by atoms with van der Waals surface area (Å²) in [5.41, 5.74) is 8.66. The van der Waals surface area contributed by atoms with Crippen molar-refractivity contribution in [1.82, 2.24) is 14.4 Å². The Morgan fingerprint density at radius 3 is 2.54 bits per heavy atom. The van der Waals surface area contributed by atoms with Crippen molar-refractivity contribution < 1.29 is 19.5 Å². The van der Waals surface area contributed by atoms with E-state index in [2.05, 4.69) is 17.6 Å². The van der Waals surface area contributed by atoms with Gasteiger partial charge in [0.15, 0.2) is 0 Å². The lowest BCUT2D eigenvalue weighted by molar-refractivity contribution is -0.146. The Hall–Kier alpha value is -3.36. The number of carbonyl (C=O) groups is 3. The molecule has 1 aromatic carbocycles. The fraction of sp³-hybridized carbons (Fsp3) is 0.538. The Labute approximate surface area is 205 Å². The van der Waals surface area contributed by atoms with Crippen LogP contribution in [0.1, 0.15) is 63.1 Å². The number of carboxylic acid groups (broad SMARTS) is 1. The van der Waals surface area contributed by atoms with E-state index in [1.54, 1.807) is 4.90 Å². The number of fused-ring (bicyclic) bond motifs is 1. The third-order valence-electron chi connectivity index (χ3n) is 7.42. The van der Waals surface area contributed by atoms with Crippen molar-refractivity contribution in [3.05, 3.63) is 35.5 Å². The van der Waals surface area contributed by atoms with Crippen LogP contribution in [0.2, 0.25) is 0 Å². The number of carbonyl (C=O) groups excluding carboxylic acids is 2. The molecule has 0 spiro atoms. The lowest BCUT2D eigenvalue weighted by atomic mass is 10.1. The van der Waals surface area contributed by atoms with Gasteiger partial charge < -0.3 is 25.2 Å². The fourth-order valence-corrected chi connectivity index (χ4v) is 5.67. The number of aryl methyl sites for hydroxylation is 2. The summed E-state index contributed by atoms with van der Waals surface area (Å²) in [6.45, 7) is 4.13. The molecule has 0 unspecified atom stereocenters. The first kappa shape index (κ1) is 24.8.